The highest BCUT2D eigenvalue weighted by molar-refractivity contribution is 5.66. The highest BCUT2D eigenvalue weighted by atomic mass is 16.5. The van der Waals surface area contributed by atoms with E-state index in [9.17, 15) is 9.59 Å². The van der Waals surface area contributed by atoms with Crippen molar-refractivity contribution in [2.24, 2.45) is 11.8 Å². The summed E-state index contributed by atoms with van der Waals surface area (Å²) in [4.78, 5) is 21.4. The molecule has 0 aliphatic carbocycles. The third-order valence-electron chi connectivity index (χ3n) is 2.74. The molecule has 0 radical (unpaired) electrons. The standard InChI is InChI=1S/C10H12O4/c1-6(12)13-5-8-7(4-11)9-2-3-10(8)14-9/h2-4,7-10H,5H2,1H3/t7-,8+,9+,10-/m1/s1. The summed E-state index contributed by atoms with van der Waals surface area (Å²) >= 11 is 0. The van der Waals surface area contributed by atoms with Crippen molar-refractivity contribution in [3.05, 3.63) is 12.2 Å². The molecule has 2 heterocycles. The number of ether oxygens (including phenoxy) is 2. The lowest BCUT2D eigenvalue weighted by atomic mass is 9.85. The van der Waals surface area contributed by atoms with Gasteiger partial charge in [0.15, 0.2) is 0 Å². The molecule has 4 nitrogen and oxygen atoms in total. The Balaban J connectivity index is 2.00. The predicted octanol–water partition coefficient (Wildman–Crippen LogP) is 0.318. The molecule has 4 atom stereocenters. The van der Waals surface area contributed by atoms with Gasteiger partial charge in [-0.1, -0.05) is 12.2 Å². The van der Waals surface area contributed by atoms with Crippen molar-refractivity contribution in [3.63, 3.8) is 0 Å². The molecule has 1 saturated heterocycles. The molecule has 0 unspecified atom stereocenters. The quantitative estimate of drug-likeness (QED) is 0.370. The maximum absolute atomic E-state index is 10.8. The van der Waals surface area contributed by atoms with E-state index in [0.717, 1.165) is 6.29 Å². The van der Waals surface area contributed by atoms with Gasteiger partial charge in [-0.15, -0.1) is 0 Å². The van der Waals surface area contributed by atoms with Gasteiger partial charge < -0.3 is 14.3 Å². The van der Waals surface area contributed by atoms with Crippen molar-refractivity contribution in [2.75, 3.05) is 6.61 Å². The molecule has 0 amide bonds. The Labute approximate surface area is 81.9 Å². The van der Waals surface area contributed by atoms with E-state index in [1.165, 1.54) is 6.92 Å². The molecular formula is C10H12O4. The SMILES string of the molecule is CC(=O)OC[C@H]1[C@@H](C=O)[C@@H]2C=C[C@H]1O2. The summed E-state index contributed by atoms with van der Waals surface area (Å²) in [5, 5.41) is 0. The molecule has 0 saturated carbocycles. The van der Waals surface area contributed by atoms with Crippen LogP contribution in [0, 0.1) is 11.8 Å². The van der Waals surface area contributed by atoms with Crippen LogP contribution in [-0.2, 0) is 19.1 Å². The second-order valence-corrected chi connectivity index (χ2v) is 3.63. The third-order valence-corrected chi connectivity index (χ3v) is 2.74. The summed E-state index contributed by atoms with van der Waals surface area (Å²) in [6, 6.07) is 0. The van der Waals surface area contributed by atoms with Crippen molar-refractivity contribution in [2.45, 2.75) is 19.1 Å². The Morgan fingerprint density at radius 3 is 2.86 bits per heavy atom. The minimum atomic E-state index is -0.318. The number of hydrogen-bond donors (Lipinski definition) is 0. The van der Waals surface area contributed by atoms with Gasteiger partial charge in [0.1, 0.15) is 6.29 Å². The normalized spacial score (nSPS) is 38.6. The first kappa shape index (κ1) is 9.40. The number of esters is 1. The molecule has 4 heteroatoms. The second-order valence-electron chi connectivity index (χ2n) is 3.63. The monoisotopic (exact) mass is 196 g/mol. The second kappa shape index (κ2) is 3.53. The predicted molar refractivity (Wildman–Crippen MR) is 47.5 cm³/mol. The first-order valence-electron chi connectivity index (χ1n) is 4.65. The summed E-state index contributed by atoms with van der Waals surface area (Å²) in [5.74, 6) is -0.489. The summed E-state index contributed by atoms with van der Waals surface area (Å²) in [5.41, 5.74) is 0. The van der Waals surface area contributed by atoms with Crippen LogP contribution in [-0.4, -0.2) is 31.1 Å². The zero-order valence-corrected chi connectivity index (χ0v) is 7.88. The summed E-state index contributed by atoms with van der Waals surface area (Å²) in [6.45, 7) is 1.63. The zero-order chi connectivity index (χ0) is 10.1. The fourth-order valence-corrected chi connectivity index (χ4v) is 2.01. The Morgan fingerprint density at radius 1 is 1.50 bits per heavy atom. The number of aldehydes is 1. The van der Waals surface area contributed by atoms with Crippen LogP contribution in [0.25, 0.3) is 0 Å². The number of hydrogen-bond acceptors (Lipinski definition) is 4. The van der Waals surface area contributed by atoms with Gasteiger partial charge >= 0.3 is 5.97 Å². The van der Waals surface area contributed by atoms with E-state index in [4.69, 9.17) is 9.47 Å². The van der Waals surface area contributed by atoms with Crippen molar-refractivity contribution >= 4 is 12.3 Å². The van der Waals surface area contributed by atoms with Crippen LogP contribution in [0.3, 0.4) is 0 Å². The lowest BCUT2D eigenvalue weighted by Crippen LogP contribution is -2.29. The van der Waals surface area contributed by atoms with E-state index in [0.29, 0.717) is 0 Å². The molecule has 2 rings (SSSR count). The van der Waals surface area contributed by atoms with Crippen LogP contribution in [0.1, 0.15) is 6.92 Å². The smallest absolute Gasteiger partial charge is 0.302 e. The molecule has 0 spiro atoms. The largest absolute Gasteiger partial charge is 0.465 e. The number of carbonyl (C=O) groups excluding carboxylic acids is 2. The van der Waals surface area contributed by atoms with Gasteiger partial charge in [-0.05, 0) is 0 Å². The van der Waals surface area contributed by atoms with Crippen LogP contribution < -0.4 is 0 Å². The molecule has 2 bridgehead atoms. The van der Waals surface area contributed by atoms with Gasteiger partial charge in [0.2, 0.25) is 0 Å². The van der Waals surface area contributed by atoms with Crippen LogP contribution in [0.5, 0.6) is 0 Å². The summed E-state index contributed by atoms with van der Waals surface area (Å²) in [7, 11) is 0. The van der Waals surface area contributed by atoms with E-state index < -0.39 is 0 Å². The first-order valence-corrected chi connectivity index (χ1v) is 4.65. The Kier molecular flexibility index (Phi) is 2.37. The van der Waals surface area contributed by atoms with Crippen molar-refractivity contribution < 1.29 is 19.1 Å². The molecule has 14 heavy (non-hydrogen) atoms. The number of rotatable bonds is 3. The fraction of sp³-hybridized carbons (Fsp3) is 0.600. The first-order chi connectivity index (χ1) is 6.72. The fourth-order valence-electron chi connectivity index (χ4n) is 2.01. The highest BCUT2D eigenvalue weighted by Crippen LogP contribution is 2.37. The molecule has 76 valence electrons. The molecule has 2 aliphatic rings. The van der Waals surface area contributed by atoms with Crippen LogP contribution in [0.4, 0.5) is 0 Å². The maximum Gasteiger partial charge on any atom is 0.302 e. The van der Waals surface area contributed by atoms with E-state index in [-0.39, 0.29) is 36.6 Å². The number of fused-ring (bicyclic) bond motifs is 2. The molecule has 0 aromatic carbocycles. The molecule has 0 N–H and O–H groups in total. The van der Waals surface area contributed by atoms with Gasteiger partial charge in [0, 0.05) is 12.8 Å². The van der Waals surface area contributed by atoms with Crippen LogP contribution in [0.2, 0.25) is 0 Å². The minimum Gasteiger partial charge on any atom is -0.465 e. The molecule has 2 aliphatic heterocycles. The molecular weight excluding hydrogens is 184 g/mol. The molecule has 1 fully saturated rings. The average Bonchev–Trinajstić information content (AvgIpc) is 2.72. The lowest BCUT2D eigenvalue weighted by molar-refractivity contribution is -0.143. The van der Waals surface area contributed by atoms with Gasteiger partial charge in [0.05, 0.1) is 24.7 Å². The van der Waals surface area contributed by atoms with Gasteiger partial charge in [-0.25, -0.2) is 0 Å². The van der Waals surface area contributed by atoms with Crippen molar-refractivity contribution in [1.29, 1.82) is 0 Å². The van der Waals surface area contributed by atoms with E-state index in [1.54, 1.807) is 0 Å². The Morgan fingerprint density at radius 2 is 2.21 bits per heavy atom. The zero-order valence-electron chi connectivity index (χ0n) is 7.88. The minimum absolute atomic E-state index is 0.00796. The van der Waals surface area contributed by atoms with Gasteiger partial charge in [-0.2, -0.15) is 0 Å². The highest BCUT2D eigenvalue weighted by Gasteiger charge is 2.46. The van der Waals surface area contributed by atoms with Gasteiger partial charge in [0.25, 0.3) is 0 Å². The number of carbonyl (C=O) groups is 2. The Hall–Kier alpha value is -1.16. The topological polar surface area (TPSA) is 52.6 Å². The van der Waals surface area contributed by atoms with Crippen molar-refractivity contribution in [1.82, 2.24) is 0 Å². The van der Waals surface area contributed by atoms with Crippen LogP contribution in [0.15, 0.2) is 12.2 Å². The molecule has 0 aromatic rings. The van der Waals surface area contributed by atoms with Crippen molar-refractivity contribution in [3.8, 4) is 0 Å². The van der Waals surface area contributed by atoms with E-state index in [2.05, 4.69) is 0 Å². The summed E-state index contributed by atoms with van der Waals surface area (Å²) < 4.78 is 10.4. The van der Waals surface area contributed by atoms with E-state index >= 15 is 0 Å². The van der Waals surface area contributed by atoms with Crippen LogP contribution >= 0.6 is 0 Å². The Bertz CT molecular complexity index is 284. The third kappa shape index (κ3) is 1.46. The van der Waals surface area contributed by atoms with E-state index in [1.807, 2.05) is 12.2 Å². The van der Waals surface area contributed by atoms with Gasteiger partial charge in [-0.3, -0.25) is 4.79 Å². The maximum atomic E-state index is 10.8. The molecule has 0 aromatic heterocycles. The average molecular weight is 196 g/mol. The summed E-state index contributed by atoms with van der Waals surface area (Å²) in [6.07, 6.45) is 4.54. The lowest BCUT2D eigenvalue weighted by Gasteiger charge is -2.19.